The van der Waals surface area contributed by atoms with E-state index in [2.05, 4.69) is 15.2 Å². The molecule has 2 amide bonds. The second kappa shape index (κ2) is 20.2. The molecule has 2 unspecified atom stereocenters. The molecule has 6 heterocycles. The van der Waals surface area contributed by atoms with Gasteiger partial charge >= 0.3 is 5.97 Å². The van der Waals surface area contributed by atoms with Crippen molar-refractivity contribution in [1.82, 2.24) is 10.4 Å². The first-order valence-corrected chi connectivity index (χ1v) is 28.3. The Morgan fingerprint density at radius 1 is 0.781 bits per heavy atom. The highest BCUT2D eigenvalue weighted by Crippen LogP contribution is 2.65. The van der Waals surface area contributed by atoms with E-state index in [1.807, 2.05) is 33.8 Å². The monoisotopic (exact) mass is 1090 g/mol. The van der Waals surface area contributed by atoms with Gasteiger partial charge in [0.1, 0.15) is 22.8 Å². The molecular weight excluding hydrogens is 1030 g/mol. The molecule has 19 nitrogen and oxygen atoms in total. The molecule has 23 heteroatoms. The number of halogens is 2. The van der Waals surface area contributed by atoms with Crippen LogP contribution in [0.15, 0.2) is 30.3 Å². The Morgan fingerprint density at radius 2 is 1.34 bits per heavy atom. The van der Waals surface area contributed by atoms with Gasteiger partial charge in [-0.25, -0.2) is 5.01 Å². The van der Waals surface area contributed by atoms with E-state index in [0.717, 1.165) is 16.8 Å². The van der Waals surface area contributed by atoms with Crippen LogP contribution in [0, 0.1) is 0 Å². The van der Waals surface area contributed by atoms with Crippen LogP contribution in [0.2, 0.25) is 10.0 Å². The fourth-order valence-electron chi connectivity index (χ4n) is 11.9. The summed E-state index contributed by atoms with van der Waals surface area (Å²) in [4.78, 5) is 45.0. The van der Waals surface area contributed by atoms with Crippen LogP contribution in [0.1, 0.15) is 115 Å². The smallest absolute Gasteiger partial charge is 0.305 e. The van der Waals surface area contributed by atoms with Crippen molar-refractivity contribution in [1.29, 1.82) is 0 Å². The quantitative estimate of drug-likeness (QED) is 0.0693. The van der Waals surface area contributed by atoms with Gasteiger partial charge in [0, 0.05) is 68.6 Å². The first kappa shape index (κ1) is 53.3. The summed E-state index contributed by atoms with van der Waals surface area (Å²) in [5, 5.41) is 10.0. The number of fused-ring (bicyclic) bond motifs is 8. The van der Waals surface area contributed by atoms with E-state index in [4.69, 9.17) is 52.0 Å². The lowest BCUT2D eigenvalue weighted by Crippen LogP contribution is -2.57. The number of carbonyl (C=O) groups is 3. The zero-order chi connectivity index (χ0) is 52.4. The number of carboxylic acid groups (broad SMARTS) is 1. The minimum absolute atomic E-state index is 0.0113. The highest BCUT2D eigenvalue weighted by atomic mass is 35.5. The molecule has 6 aliphatic heterocycles. The summed E-state index contributed by atoms with van der Waals surface area (Å²) in [7, 11) is -9.14. The van der Waals surface area contributed by atoms with E-state index in [1.165, 1.54) is 11.1 Å². The number of hydrazine groups is 1. The van der Waals surface area contributed by atoms with Gasteiger partial charge in [-0.2, -0.15) is 16.8 Å². The average molecular weight is 1090 g/mol. The number of ether oxygens (including phenoxy) is 5. The molecular formula is C50H60Cl2N4O15S2. The van der Waals surface area contributed by atoms with Crippen LogP contribution in [-0.4, -0.2) is 142 Å². The zero-order valence-electron chi connectivity index (χ0n) is 41.1. The van der Waals surface area contributed by atoms with Gasteiger partial charge in [0.25, 0.3) is 26.1 Å². The van der Waals surface area contributed by atoms with Crippen LogP contribution in [0.4, 0.5) is 11.4 Å². The van der Waals surface area contributed by atoms with E-state index in [-0.39, 0.29) is 86.9 Å². The second-order valence-corrected chi connectivity index (χ2v) is 24.2. The normalized spacial score (nSPS) is 20.9. The molecule has 0 radical (unpaired) electrons. The van der Waals surface area contributed by atoms with Crippen molar-refractivity contribution >= 4 is 78.2 Å². The van der Waals surface area contributed by atoms with Crippen molar-refractivity contribution in [2.45, 2.75) is 95.2 Å². The zero-order valence-corrected chi connectivity index (χ0v) is 44.2. The van der Waals surface area contributed by atoms with E-state index >= 15 is 4.79 Å². The topological polar surface area (TPSA) is 248 Å². The number of rotatable bonds is 20. The molecule has 396 valence electrons. The minimum atomic E-state index is -4.60. The lowest BCUT2D eigenvalue weighted by molar-refractivity contribution is -0.138. The van der Waals surface area contributed by atoms with Crippen LogP contribution in [0.25, 0.3) is 5.57 Å². The molecule has 4 N–H and O–H groups in total. The first-order valence-electron chi connectivity index (χ1n) is 24.4. The predicted molar refractivity (Wildman–Crippen MR) is 271 cm³/mol. The molecule has 1 spiro atoms. The molecule has 73 heavy (non-hydrogen) atoms. The van der Waals surface area contributed by atoms with Gasteiger partial charge in [-0.05, 0) is 95.2 Å². The Hall–Kier alpha value is -4.55. The second-order valence-electron chi connectivity index (χ2n) is 20.4. The van der Waals surface area contributed by atoms with Gasteiger partial charge in [0.15, 0.2) is 0 Å². The summed E-state index contributed by atoms with van der Waals surface area (Å²) in [6, 6.07) is 6.61. The van der Waals surface area contributed by atoms with Gasteiger partial charge in [0.05, 0.1) is 93.3 Å². The Kier molecular flexibility index (Phi) is 14.7. The van der Waals surface area contributed by atoms with Crippen molar-refractivity contribution in [3.05, 3.63) is 84.9 Å². The number of carboxylic acids is 1. The third-order valence-corrected chi connectivity index (χ3v) is 16.7. The number of hydrogen-bond donors (Lipinski definition) is 4. The van der Waals surface area contributed by atoms with Crippen LogP contribution in [0.3, 0.4) is 0 Å². The predicted octanol–water partition coefficient (Wildman–Crippen LogP) is 6.53. The molecule has 6 aliphatic rings. The fraction of sp³-hybridized carbons (Fsp3) is 0.540. The van der Waals surface area contributed by atoms with Crippen LogP contribution in [0.5, 0.6) is 11.5 Å². The maximum atomic E-state index is 15.5. The van der Waals surface area contributed by atoms with Crippen LogP contribution in [-0.2, 0) is 67.2 Å². The highest BCUT2D eigenvalue weighted by Gasteiger charge is 2.62. The summed E-state index contributed by atoms with van der Waals surface area (Å²) in [5.74, 6) is -3.60. The SMILES string of the molecule is CC1(C)C=C(CS(=O)(=O)O)c2cc3c(c4c2N1CCC4)Oc1c(cc2c4c1CCCN4C(C)(C)CC2CS(=O)(=O)O)C31c2c(Cl)ccc(Cl)c2C(=O)N1NC(=O)CCOCCOCCOCCOCCC(=O)O. The fourth-order valence-corrected chi connectivity index (χ4v) is 13.8. The Morgan fingerprint density at radius 3 is 1.95 bits per heavy atom. The molecule has 0 saturated carbocycles. The molecule has 0 aliphatic carbocycles. The van der Waals surface area contributed by atoms with Crippen molar-refractivity contribution < 1.29 is 69.1 Å². The van der Waals surface area contributed by atoms with Crippen molar-refractivity contribution in [3.63, 3.8) is 0 Å². The summed E-state index contributed by atoms with van der Waals surface area (Å²) >= 11 is 14.4. The lowest BCUT2D eigenvalue weighted by atomic mass is 9.68. The lowest BCUT2D eigenvalue weighted by Gasteiger charge is -2.53. The van der Waals surface area contributed by atoms with E-state index in [0.29, 0.717) is 90.2 Å². The molecule has 0 saturated heterocycles. The first-order chi connectivity index (χ1) is 34.4. The van der Waals surface area contributed by atoms with Gasteiger partial charge in [-0.15, -0.1) is 0 Å². The molecule has 3 aromatic carbocycles. The minimum Gasteiger partial charge on any atom is -0.481 e. The number of carbonyl (C=O) groups excluding carboxylic acids is 2. The van der Waals surface area contributed by atoms with Crippen molar-refractivity contribution in [2.24, 2.45) is 0 Å². The number of amides is 2. The van der Waals surface area contributed by atoms with Crippen molar-refractivity contribution in [2.75, 3.05) is 87.3 Å². The van der Waals surface area contributed by atoms with Gasteiger partial charge < -0.3 is 38.6 Å². The Bertz CT molecular complexity index is 3020. The van der Waals surface area contributed by atoms with Crippen molar-refractivity contribution in [3.8, 4) is 11.5 Å². The maximum Gasteiger partial charge on any atom is 0.305 e. The third-order valence-electron chi connectivity index (χ3n) is 14.6. The van der Waals surface area contributed by atoms with E-state index < -0.39 is 72.1 Å². The number of nitrogens with zero attached hydrogens (tertiary/aromatic N) is 3. The van der Waals surface area contributed by atoms with Gasteiger partial charge in [-0.3, -0.25) is 28.9 Å². The average Bonchev–Trinajstić information content (AvgIpc) is 3.55. The van der Waals surface area contributed by atoms with Gasteiger partial charge in [-0.1, -0.05) is 29.3 Å². The molecule has 9 rings (SSSR count). The molecule has 0 bridgehead atoms. The summed E-state index contributed by atoms with van der Waals surface area (Å²) in [6.45, 7) is 10.6. The third kappa shape index (κ3) is 10.1. The highest BCUT2D eigenvalue weighted by molar-refractivity contribution is 7.86. The number of anilines is 2. The summed E-state index contributed by atoms with van der Waals surface area (Å²) < 4.78 is 102. The molecule has 0 fully saturated rings. The molecule has 3 aromatic rings. The Balaban J connectivity index is 1.15. The Labute approximate surface area is 434 Å². The van der Waals surface area contributed by atoms with Crippen LogP contribution >= 0.6 is 23.2 Å². The summed E-state index contributed by atoms with van der Waals surface area (Å²) in [5.41, 5.74) is 4.90. The number of aliphatic carboxylic acids is 1. The van der Waals surface area contributed by atoms with E-state index in [1.54, 1.807) is 18.2 Å². The summed E-state index contributed by atoms with van der Waals surface area (Å²) in [6.07, 6.45) is 4.14. The van der Waals surface area contributed by atoms with E-state index in [9.17, 15) is 35.5 Å². The van der Waals surface area contributed by atoms with Gasteiger partial charge in [0.2, 0.25) is 5.91 Å². The number of hydrogen-bond acceptors (Lipinski definition) is 14. The number of benzene rings is 3. The van der Waals surface area contributed by atoms with Crippen LogP contribution < -0.4 is 20.0 Å². The maximum absolute atomic E-state index is 15.5. The standard InChI is InChI=1S/C50H60Cl2N4O15S2/c1-48(2)25-29(27-72(61,62)63)33-23-35-45(31-7-5-13-54(48)43(31)33)71-46-32-8-6-14-55-44(32)34(30(26-49(55,3)4)28-73(64,65)66)24-36(46)50(35)42-38(52)10-9-37(51)41(42)47(60)56(50)53-39(57)11-15-67-17-19-69-21-22-70-20-18-68-16-12-40(58)59/h9-10,23-25,30H,5-8,11-22,26-28H2,1-4H3,(H,53,57)(H,58,59)(H,61,62,63)(H,64,65,66). The number of nitrogens with one attached hydrogen (secondary N) is 1. The molecule has 2 atom stereocenters. The molecule has 0 aromatic heterocycles. The largest absolute Gasteiger partial charge is 0.481 e.